The normalized spacial score (nSPS) is 12.7. The highest BCUT2D eigenvalue weighted by Crippen LogP contribution is 2.54. The maximum atomic E-state index is 12.4. The molecule has 0 saturated heterocycles. The van der Waals surface area contributed by atoms with Gasteiger partial charge in [0, 0.05) is 37.5 Å². The maximum Gasteiger partial charge on any atom is 0.372 e. The molecular formula is C16H20O8. The molecule has 132 valence electrons. The highest BCUT2D eigenvalue weighted by molar-refractivity contribution is 6.35. The van der Waals surface area contributed by atoms with Crippen LogP contribution in [0.1, 0.15) is 39.0 Å². The van der Waals surface area contributed by atoms with E-state index >= 15 is 0 Å². The van der Waals surface area contributed by atoms with Crippen molar-refractivity contribution in [2.75, 3.05) is 0 Å². The van der Waals surface area contributed by atoms with Crippen LogP contribution in [-0.2, 0) is 33.6 Å². The molecule has 0 amide bonds. The van der Waals surface area contributed by atoms with Gasteiger partial charge in [0.05, 0.1) is 5.41 Å². The van der Waals surface area contributed by atoms with Crippen molar-refractivity contribution in [3.63, 3.8) is 0 Å². The standard InChI is InChI=1S/C16H20O8/c1-12(2-7-17)15(3-8-18,4-9-19)16(5-10-20,6-11-21)13(22)14(23)24/h7-12H,2-6H2,1H3,(H,23,24). The summed E-state index contributed by atoms with van der Waals surface area (Å²) < 4.78 is 0. The molecule has 8 heteroatoms. The molecule has 0 aromatic rings. The second-order valence-corrected chi connectivity index (χ2v) is 5.66. The average Bonchev–Trinajstić information content (AvgIpc) is 2.53. The van der Waals surface area contributed by atoms with Gasteiger partial charge >= 0.3 is 5.97 Å². The lowest BCUT2D eigenvalue weighted by molar-refractivity contribution is -0.165. The summed E-state index contributed by atoms with van der Waals surface area (Å²) in [6.45, 7) is 1.47. The molecule has 8 nitrogen and oxygen atoms in total. The smallest absolute Gasteiger partial charge is 0.372 e. The van der Waals surface area contributed by atoms with Gasteiger partial charge in [-0.2, -0.15) is 0 Å². The second-order valence-electron chi connectivity index (χ2n) is 5.66. The van der Waals surface area contributed by atoms with Crippen LogP contribution in [0.4, 0.5) is 0 Å². The zero-order chi connectivity index (χ0) is 18.8. The highest BCUT2D eigenvalue weighted by Gasteiger charge is 2.59. The first-order chi connectivity index (χ1) is 11.3. The predicted molar refractivity (Wildman–Crippen MR) is 80.1 cm³/mol. The minimum atomic E-state index is -2.08. The van der Waals surface area contributed by atoms with E-state index in [1.165, 1.54) is 6.92 Å². The topological polar surface area (TPSA) is 140 Å². The maximum absolute atomic E-state index is 12.4. The number of hydrogen-bond acceptors (Lipinski definition) is 7. The molecule has 0 radical (unpaired) electrons. The van der Waals surface area contributed by atoms with Gasteiger partial charge in [-0.15, -0.1) is 0 Å². The number of carbonyl (C=O) groups excluding carboxylic acids is 6. The molecule has 0 aliphatic heterocycles. The second kappa shape index (κ2) is 9.59. The largest absolute Gasteiger partial charge is 0.475 e. The van der Waals surface area contributed by atoms with Crippen LogP contribution in [0.3, 0.4) is 0 Å². The van der Waals surface area contributed by atoms with Crippen molar-refractivity contribution in [3.8, 4) is 0 Å². The van der Waals surface area contributed by atoms with E-state index < -0.39 is 54.2 Å². The molecule has 0 aromatic carbocycles. The Bertz CT molecular complexity index is 502. The number of carboxylic acid groups (broad SMARTS) is 1. The fourth-order valence-electron chi connectivity index (χ4n) is 3.41. The quantitative estimate of drug-likeness (QED) is 0.349. The van der Waals surface area contributed by atoms with E-state index in [0.717, 1.165) is 0 Å². The average molecular weight is 340 g/mol. The van der Waals surface area contributed by atoms with Crippen LogP contribution in [0.2, 0.25) is 0 Å². The van der Waals surface area contributed by atoms with Gasteiger partial charge in [-0.1, -0.05) is 6.92 Å². The van der Waals surface area contributed by atoms with E-state index in [1.807, 2.05) is 0 Å². The Balaban J connectivity index is 6.75. The number of carbonyl (C=O) groups is 7. The van der Waals surface area contributed by atoms with E-state index in [4.69, 9.17) is 5.11 Å². The molecule has 0 fully saturated rings. The monoisotopic (exact) mass is 340 g/mol. The van der Waals surface area contributed by atoms with Crippen molar-refractivity contribution in [3.05, 3.63) is 0 Å². The van der Waals surface area contributed by atoms with Gasteiger partial charge in [0.25, 0.3) is 0 Å². The molecule has 0 bridgehead atoms. The molecule has 1 N–H and O–H groups in total. The molecule has 0 spiro atoms. The third-order valence-corrected chi connectivity index (χ3v) is 4.73. The van der Waals surface area contributed by atoms with Crippen LogP contribution in [0.15, 0.2) is 0 Å². The van der Waals surface area contributed by atoms with Crippen LogP contribution in [0, 0.1) is 16.7 Å². The Morgan fingerprint density at radius 1 is 0.833 bits per heavy atom. The van der Waals surface area contributed by atoms with Crippen molar-refractivity contribution in [1.82, 2.24) is 0 Å². The molecular weight excluding hydrogens is 320 g/mol. The zero-order valence-corrected chi connectivity index (χ0v) is 13.3. The highest BCUT2D eigenvalue weighted by atomic mass is 16.4. The predicted octanol–water partition coefficient (Wildman–Crippen LogP) is 0.194. The fraction of sp³-hybridized carbons (Fsp3) is 0.562. The number of aliphatic carboxylic acids is 1. The Morgan fingerprint density at radius 3 is 1.54 bits per heavy atom. The summed E-state index contributed by atoms with van der Waals surface area (Å²) in [5.41, 5.74) is -3.71. The molecule has 1 atom stereocenters. The first kappa shape index (κ1) is 21.5. The number of aldehydes is 5. The number of hydrogen-bond donors (Lipinski definition) is 1. The number of ketones is 1. The molecule has 0 aliphatic rings. The summed E-state index contributed by atoms with van der Waals surface area (Å²) in [6.07, 6.45) is -0.507. The van der Waals surface area contributed by atoms with E-state index in [-0.39, 0.29) is 19.0 Å². The number of rotatable bonds is 14. The summed E-state index contributed by atoms with van der Waals surface area (Å²) in [5, 5.41) is 9.15. The van der Waals surface area contributed by atoms with Crippen LogP contribution in [0.25, 0.3) is 0 Å². The summed E-state index contributed by atoms with van der Waals surface area (Å²) >= 11 is 0. The fourth-order valence-corrected chi connectivity index (χ4v) is 3.41. The van der Waals surface area contributed by atoms with Crippen LogP contribution in [-0.4, -0.2) is 48.3 Å². The number of carboxylic acids is 1. The molecule has 0 heterocycles. The first-order valence-corrected chi connectivity index (χ1v) is 7.29. The minimum Gasteiger partial charge on any atom is -0.475 e. The van der Waals surface area contributed by atoms with E-state index in [9.17, 15) is 33.6 Å². The lowest BCUT2D eigenvalue weighted by atomic mass is 9.50. The van der Waals surface area contributed by atoms with Crippen molar-refractivity contribution >= 4 is 43.2 Å². The lowest BCUT2D eigenvalue weighted by Gasteiger charge is -2.49. The van der Waals surface area contributed by atoms with Gasteiger partial charge in [-0.25, -0.2) is 4.79 Å². The number of Topliss-reactive ketones (excluding diaryl/α,β-unsaturated/α-hetero) is 1. The van der Waals surface area contributed by atoms with Crippen LogP contribution in [0.5, 0.6) is 0 Å². The van der Waals surface area contributed by atoms with E-state index in [2.05, 4.69) is 0 Å². The van der Waals surface area contributed by atoms with Crippen molar-refractivity contribution in [1.29, 1.82) is 0 Å². The zero-order valence-electron chi connectivity index (χ0n) is 13.3. The molecule has 0 aromatic heterocycles. The molecule has 1 unspecified atom stereocenters. The molecule has 24 heavy (non-hydrogen) atoms. The molecule has 0 aliphatic carbocycles. The van der Waals surface area contributed by atoms with Gasteiger partial charge in [0.1, 0.15) is 31.4 Å². The first-order valence-electron chi connectivity index (χ1n) is 7.29. The van der Waals surface area contributed by atoms with Gasteiger partial charge in [-0.3, -0.25) is 4.79 Å². The van der Waals surface area contributed by atoms with Crippen LogP contribution >= 0.6 is 0 Å². The lowest BCUT2D eigenvalue weighted by Crippen LogP contribution is -2.54. The summed E-state index contributed by atoms with van der Waals surface area (Å²) in [6, 6.07) is 0. The van der Waals surface area contributed by atoms with Crippen molar-refractivity contribution in [2.24, 2.45) is 16.7 Å². The van der Waals surface area contributed by atoms with Crippen molar-refractivity contribution in [2.45, 2.75) is 39.0 Å². The van der Waals surface area contributed by atoms with Crippen LogP contribution < -0.4 is 0 Å². The van der Waals surface area contributed by atoms with Gasteiger partial charge < -0.3 is 29.1 Å². The van der Waals surface area contributed by atoms with Crippen molar-refractivity contribution < 1.29 is 38.7 Å². The molecule has 0 rings (SSSR count). The third kappa shape index (κ3) is 3.87. The minimum absolute atomic E-state index is 0.173. The van der Waals surface area contributed by atoms with E-state index in [0.29, 0.717) is 18.9 Å². The SMILES string of the molecule is CC(CC=O)C(CC=O)(CC=O)C(CC=O)(CC=O)C(=O)C(=O)O. The summed E-state index contributed by atoms with van der Waals surface area (Å²) in [4.78, 5) is 79.3. The summed E-state index contributed by atoms with van der Waals surface area (Å²) in [7, 11) is 0. The van der Waals surface area contributed by atoms with Gasteiger partial charge in [0.2, 0.25) is 5.78 Å². The Kier molecular flexibility index (Phi) is 8.59. The van der Waals surface area contributed by atoms with Gasteiger partial charge in [0.15, 0.2) is 0 Å². The Labute approximate surface area is 138 Å². The molecule has 0 saturated carbocycles. The van der Waals surface area contributed by atoms with Gasteiger partial charge in [-0.05, 0) is 5.92 Å². The summed E-state index contributed by atoms with van der Waals surface area (Å²) in [5.74, 6) is -4.09. The Hall–Kier alpha value is -2.51. The third-order valence-electron chi connectivity index (χ3n) is 4.73. The van der Waals surface area contributed by atoms with E-state index in [1.54, 1.807) is 0 Å². The Morgan fingerprint density at radius 2 is 1.25 bits per heavy atom.